The number of carbonyl (C=O) groups is 1. The molecule has 1 aliphatic carbocycles. The summed E-state index contributed by atoms with van der Waals surface area (Å²) in [4.78, 5) is 18.4. The van der Waals surface area contributed by atoms with Crippen molar-refractivity contribution < 1.29 is 9.53 Å². The second-order valence-corrected chi connectivity index (χ2v) is 5.84. The summed E-state index contributed by atoms with van der Waals surface area (Å²) in [6.07, 6.45) is 4.55. The molecule has 0 aromatic carbocycles. The van der Waals surface area contributed by atoms with Gasteiger partial charge in [-0.25, -0.2) is 4.98 Å². The maximum atomic E-state index is 12.5. The fourth-order valence-electron chi connectivity index (χ4n) is 1.94. The Morgan fingerprint density at radius 3 is 3.00 bits per heavy atom. The number of ether oxygens (including phenoxy) is 1. The summed E-state index contributed by atoms with van der Waals surface area (Å²) in [5.74, 6) is -0.0441. The summed E-state index contributed by atoms with van der Waals surface area (Å²) in [5.41, 5.74) is 0.459. The minimum atomic E-state index is -0.0441. The molecule has 4 nitrogen and oxygen atoms in total. The van der Waals surface area contributed by atoms with E-state index in [4.69, 9.17) is 16.3 Å². The molecule has 6 heteroatoms. The third-order valence-corrected chi connectivity index (χ3v) is 3.77. The van der Waals surface area contributed by atoms with Crippen LogP contribution in [0.1, 0.15) is 29.6 Å². The average Bonchev–Trinajstić information content (AvgIpc) is 3.21. The van der Waals surface area contributed by atoms with Gasteiger partial charge in [-0.3, -0.25) is 4.79 Å². The standard InChI is InChI=1S/C13H16BrClN2O2/c1-19-6-2-5-17(10-3-4-10)13(18)11-7-9(14)8-16-12(11)15/h7-8,10H,2-6H2,1H3. The number of halogens is 2. The number of rotatable bonds is 6. The smallest absolute Gasteiger partial charge is 0.257 e. The van der Waals surface area contributed by atoms with E-state index in [0.717, 1.165) is 23.7 Å². The minimum absolute atomic E-state index is 0.0441. The first-order valence-electron chi connectivity index (χ1n) is 6.24. The topological polar surface area (TPSA) is 42.4 Å². The van der Waals surface area contributed by atoms with Crippen LogP contribution in [0.25, 0.3) is 0 Å². The van der Waals surface area contributed by atoms with Gasteiger partial charge in [-0.15, -0.1) is 0 Å². The molecular formula is C13H16BrClN2O2. The molecule has 1 aromatic rings. The molecule has 1 saturated carbocycles. The first-order chi connectivity index (χ1) is 9.13. The molecule has 1 aliphatic rings. The summed E-state index contributed by atoms with van der Waals surface area (Å²) in [7, 11) is 1.67. The van der Waals surface area contributed by atoms with Crippen molar-refractivity contribution in [2.75, 3.05) is 20.3 Å². The number of amides is 1. The Morgan fingerprint density at radius 2 is 2.37 bits per heavy atom. The minimum Gasteiger partial charge on any atom is -0.385 e. The number of pyridine rings is 1. The van der Waals surface area contributed by atoms with Gasteiger partial charge < -0.3 is 9.64 Å². The third-order valence-electron chi connectivity index (χ3n) is 3.03. The van der Waals surface area contributed by atoms with Gasteiger partial charge in [0.25, 0.3) is 5.91 Å². The van der Waals surface area contributed by atoms with Crippen LogP contribution in [-0.4, -0.2) is 42.1 Å². The largest absolute Gasteiger partial charge is 0.385 e. The van der Waals surface area contributed by atoms with E-state index < -0.39 is 0 Å². The van der Waals surface area contributed by atoms with Crippen molar-refractivity contribution in [2.45, 2.75) is 25.3 Å². The van der Waals surface area contributed by atoms with Gasteiger partial charge in [0.2, 0.25) is 0 Å². The van der Waals surface area contributed by atoms with E-state index in [2.05, 4.69) is 20.9 Å². The van der Waals surface area contributed by atoms with Gasteiger partial charge in [0.15, 0.2) is 0 Å². The number of nitrogens with zero attached hydrogens (tertiary/aromatic N) is 2. The zero-order valence-electron chi connectivity index (χ0n) is 10.7. The van der Waals surface area contributed by atoms with Crippen molar-refractivity contribution in [3.05, 3.63) is 27.5 Å². The van der Waals surface area contributed by atoms with Crippen LogP contribution in [0.15, 0.2) is 16.7 Å². The summed E-state index contributed by atoms with van der Waals surface area (Å²) in [6, 6.07) is 2.07. The zero-order valence-corrected chi connectivity index (χ0v) is 13.1. The van der Waals surface area contributed by atoms with Crippen LogP contribution in [0.3, 0.4) is 0 Å². The van der Waals surface area contributed by atoms with Gasteiger partial charge in [-0.1, -0.05) is 11.6 Å². The normalized spacial score (nSPS) is 14.5. The first kappa shape index (κ1) is 14.8. The van der Waals surface area contributed by atoms with E-state index in [1.807, 2.05) is 4.90 Å². The van der Waals surface area contributed by atoms with E-state index in [1.165, 1.54) is 0 Å². The van der Waals surface area contributed by atoms with E-state index in [9.17, 15) is 4.79 Å². The molecule has 0 bridgehead atoms. The number of hydrogen-bond donors (Lipinski definition) is 0. The molecule has 1 fully saturated rings. The van der Waals surface area contributed by atoms with Gasteiger partial charge in [0.1, 0.15) is 5.15 Å². The van der Waals surface area contributed by atoms with E-state index in [0.29, 0.717) is 24.8 Å². The van der Waals surface area contributed by atoms with E-state index >= 15 is 0 Å². The van der Waals surface area contributed by atoms with Crippen molar-refractivity contribution in [3.8, 4) is 0 Å². The Balaban J connectivity index is 2.12. The van der Waals surface area contributed by atoms with Crippen molar-refractivity contribution in [2.24, 2.45) is 0 Å². The molecule has 104 valence electrons. The predicted octanol–water partition coefficient (Wildman–Crippen LogP) is 3.14. The molecule has 1 amide bonds. The first-order valence-corrected chi connectivity index (χ1v) is 7.41. The Bertz CT molecular complexity index is 466. The Hall–Kier alpha value is -0.650. The summed E-state index contributed by atoms with van der Waals surface area (Å²) in [6.45, 7) is 1.35. The molecule has 0 N–H and O–H groups in total. The molecule has 0 radical (unpaired) electrons. The highest BCUT2D eigenvalue weighted by Gasteiger charge is 2.33. The van der Waals surface area contributed by atoms with Crippen LogP contribution < -0.4 is 0 Å². The fourth-order valence-corrected chi connectivity index (χ4v) is 2.46. The van der Waals surface area contributed by atoms with Crippen LogP contribution in [-0.2, 0) is 4.74 Å². The Morgan fingerprint density at radius 1 is 1.63 bits per heavy atom. The Kier molecular flexibility index (Phi) is 5.19. The van der Waals surface area contributed by atoms with Gasteiger partial charge in [0, 0.05) is 37.0 Å². The second kappa shape index (κ2) is 6.68. The van der Waals surface area contributed by atoms with Crippen molar-refractivity contribution in [1.82, 2.24) is 9.88 Å². The van der Waals surface area contributed by atoms with Gasteiger partial charge >= 0.3 is 0 Å². The lowest BCUT2D eigenvalue weighted by atomic mass is 10.2. The summed E-state index contributed by atoms with van der Waals surface area (Å²) >= 11 is 9.34. The SMILES string of the molecule is COCCCN(C(=O)c1cc(Br)cnc1Cl)C1CC1. The number of hydrogen-bond acceptors (Lipinski definition) is 3. The molecule has 0 saturated heterocycles. The highest BCUT2D eigenvalue weighted by atomic mass is 79.9. The number of aromatic nitrogens is 1. The van der Waals surface area contributed by atoms with Crippen LogP contribution >= 0.6 is 27.5 Å². The molecule has 0 spiro atoms. The molecule has 2 rings (SSSR count). The summed E-state index contributed by atoms with van der Waals surface area (Å²) < 4.78 is 5.79. The molecular weight excluding hydrogens is 332 g/mol. The quantitative estimate of drug-likeness (QED) is 0.586. The maximum Gasteiger partial charge on any atom is 0.257 e. The van der Waals surface area contributed by atoms with E-state index in [1.54, 1.807) is 19.4 Å². The van der Waals surface area contributed by atoms with Gasteiger partial charge in [-0.2, -0.15) is 0 Å². The number of methoxy groups -OCH3 is 1. The lowest BCUT2D eigenvalue weighted by Gasteiger charge is -2.22. The van der Waals surface area contributed by atoms with Crippen LogP contribution in [0.5, 0.6) is 0 Å². The molecule has 1 aromatic heterocycles. The zero-order chi connectivity index (χ0) is 13.8. The molecule has 1 heterocycles. The second-order valence-electron chi connectivity index (χ2n) is 4.57. The van der Waals surface area contributed by atoms with Crippen LogP contribution in [0, 0.1) is 0 Å². The highest BCUT2D eigenvalue weighted by molar-refractivity contribution is 9.10. The lowest BCUT2D eigenvalue weighted by molar-refractivity contribution is 0.0723. The van der Waals surface area contributed by atoms with Crippen molar-refractivity contribution >= 4 is 33.4 Å². The maximum absolute atomic E-state index is 12.5. The van der Waals surface area contributed by atoms with Crippen LogP contribution in [0.4, 0.5) is 0 Å². The molecule has 0 aliphatic heterocycles. The van der Waals surface area contributed by atoms with Gasteiger partial charge in [-0.05, 0) is 41.3 Å². The van der Waals surface area contributed by atoms with Crippen LogP contribution in [0.2, 0.25) is 5.15 Å². The average molecular weight is 348 g/mol. The Labute approximate surface area is 126 Å². The lowest BCUT2D eigenvalue weighted by Crippen LogP contribution is -2.34. The van der Waals surface area contributed by atoms with Crippen molar-refractivity contribution in [3.63, 3.8) is 0 Å². The fraction of sp³-hybridized carbons (Fsp3) is 0.538. The summed E-state index contributed by atoms with van der Waals surface area (Å²) in [5, 5.41) is 0.255. The molecule has 0 unspecified atom stereocenters. The van der Waals surface area contributed by atoms with E-state index in [-0.39, 0.29) is 11.1 Å². The van der Waals surface area contributed by atoms with Gasteiger partial charge in [0.05, 0.1) is 5.56 Å². The molecule has 0 atom stereocenters. The predicted molar refractivity (Wildman–Crippen MR) is 77.5 cm³/mol. The molecule has 19 heavy (non-hydrogen) atoms. The van der Waals surface area contributed by atoms with Crippen molar-refractivity contribution in [1.29, 1.82) is 0 Å². The highest BCUT2D eigenvalue weighted by Crippen LogP contribution is 2.30. The third kappa shape index (κ3) is 3.91. The number of carbonyl (C=O) groups excluding carboxylic acids is 1. The monoisotopic (exact) mass is 346 g/mol.